The predicted octanol–water partition coefficient (Wildman–Crippen LogP) is 4.95. The van der Waals surface area contributed by atoms with Crippen LogP contribution in [0, 0.1) is 5.82 Å². The Morgan fingerprint density at radius 2 is 1.86 bits per heavy atom. The summed E-state index contributed by atoms with van der Waals surface area (Å²) in [6, 6.07) is 13.5. The van der Waals surface area contributed by atoms with E-state index < -0.39 is 0 Å². The molecular weight excluding hydrogens is 333 g/mol. The largest absolute Gasteiger partial charge is 0.497 e. The fourth-order valence-corrected chi connectivity index (χ4v) is 3.18. The monoisotopic (exact) mass is 349 g/mol. The van der Waals surface area contributed by atoms with Crippen molar-refractivity contribution >= 4 is 21.6 Å². The summed E-state index contributed by atoms with van der Waals surface area (Å²) >= 11 is 3.39. The number of hydrogen-bond acceptors (Lipinski definition) is 2. The van der Waals surface area contributed by atoms with Crippen LogP contribution in [0.3, 0.4) is 0 Å². The van der Waals surface area contributed by atoms with Crippen LogP contribution in [-0.4, -0.2) is 13.2 Å². The van der Waals surface area contributed by atoms with E-state index in [2.05, 4.69) is 33.4 Å². The Hall–Kier alpha value is -1.55. The standard InChI is InChI=1S/C17H17BrFNO/c1-21-15-5-2-11(3-6-15)12-8-14(9-12)20-17-7-4-13(19)10-16(17)18/h2-7,10,12,14,20H,8-9H2,1H3. The van der Waals surface area contributed by atoms with Gasteiger partial charge in [0.05, 0.1) is 7.11 Å². The first-order chi connectivity index (χ1) is 10.2. The fourth-order valence-electron chi connectivity index (χ4n) is 2.71. The molecular formula is C17H17BrFNO. The molecule has 0 radical (unpaired) electrons. The Balaban J connectivity index is 1.57. The van der Waals surface area contributed by atoms with Crippen LogP contribution in [0.4, 0.5) is 10.1 Å². The molecule has 2 aromatic carbocycles. The molecule has 2 aromatic rings. The van der Waals surface area contributed by atoms with Gasteiger partial charge >= 0.3 is 0 Å². The average molecular weight is 350 g/mol. The normalized spacial score (nSPS) is 20.7. The van der Waals surface area contributed by atoms with Crippen molar-refractivity contribution < 1.29 is 9.13 Å². The van der Waals surface area contributed by atoms with E-state index in [-0.39, 0.29) is 5.82 Å². The summed E-state index contributed by atoms with van der Waals surface area (Å²) in [5.74, 6) is 1.26. The van der Waals surface area contributed by atoms with Gasteiger partial charge in [0.25, 0.3) is 0 Å². The molecule has 0 atom stereocenters. The van der Waals surface area contributed by atoms with Gasteiger partial charge in [-0.25, -0.2) is 4.39 Å². The highest BCUT2D eigenvalue weighted by Gasteiger charge is 2.30. The van der Waals surface area contributed by atoms with Crippen LogP contribution in [0.25, 0.3) is 0 Å². The molecule has 0 aromatic heterocycles. The number of ether oxygens (including phenoxy) is 1. The average Bonchev–Trinajstić information content (AvgIpc) is 2.44. The first-order valence-corrected chi connectivity index (χ1v) is 7.80. The minimum atomic E-state index is -0.225. The summed E-state index contributed by atoms with van der Waals surface area (Å²) in [5, 5.41) is 3.46. The number of anilines is 1. The minimum Gasteiger partial charge on any atom is -0.497 e. The summed E-state index contributed by atoms with van der Waals surface area (Å²) < 4.78 is 19.0. The van der Waals surface area contributed by atoms with Crippen LogP contribution in [-0.2, 0) is 0 Å². The molecule has 0 amide bonds. The Morgan fingerprint density at radius 1 is 1.14 bits per heavy atom. The summed E-state index contributed by atoms with van der Waals surface area (Å²) in [6.45, 7) is 0. The highest BCUT2D eigenvalue weighted by molar-refractivity contribution is 9.10. The zero-order chi connectivity index (χ0) is 14.8. The molecule has 1 N–H and O–H groups in total. The van der Waals surface area contributed by atoms with Crippen LogP contribution in [0.2, 0.25) is 0 Å². The molecule has 0 saturated heterocycles. The van der Waals surface area contributed by atoms with Gasteiger partial charge in [-0.3, -0.25) is 0 Å². The van der Waals surface area contributed by atoms with Gasteiger partial charge in [0, 0.05) is 16.2 Å². The first-order valence-electron chi connectivity index (χ1n) is 7.01. The Bertz CT molecular complexity index is 623. The molecule has 0 aliphatic heterocycles. The highest BCUT2D eigenvalue weighted by atomic mass is 79.9. The first kappa shape index (κ1) is 14.4. The van der Waals surface area contributed by atoms with Crippen LogP contribution >= 0.6 is 15.9 Å². The third-order valence-corrected chi connectivity index (χ3v) is 4.67. The Labute approximate surface area is 132 Å². The minimum absolute atomic E-state index is 0.225. The molecule has 0 spiro atoms. The topological polar surface area (TPSA) is 21.3 Å². The van der Waals surface area contributed by atoms with E-state index in [1.165, 1.54) is 17.7 Å². The van der Waals surface area contributed by atoms with Crippen molar-refractivity contribution in [3.63, 3.8) is 0 Å². The number of benzene rings is 2. The molecule has 0 unspecified atom stereocenters. The summed E-state index contributed by atoms with van der Waals surface area (Å²) in [5.41, 5.74) is 2.31. The van der Waals surface area contributed by atoms with E-state index in [4.69, 9.17) is 4.74 Å². The molecule has 1 aliphatic rings. The van der Waals surface area contributed by atoms with Crippen molar-refractivity contribution in [2.75, 3.05) is 12.4 Å². The van der Waals surface area contributed by atoms with Crippen molar-refractivity contribution in [3.05, 3.63) is 58.3 Å². The second-order valence-electron chi connectivity index (χ2n) is 5.41. The van der Waals surface area contributed by atoms with Crippen molar-refractivity contribution in [1.29, 1.82) is 0 Å². The van der Waals surface area contributed by atoms with Crippen molar-refractivity contribution in [3.8, 4) is 5.75 Å². The zero-order valence-corrected chi connectivity index (χ0v) is 13.4. The third-order valence-electron chi connectivity index (χ3n) is 4.02. The van der Waals surface area contributed by atoms with E-state index in [0.717, 1.165) is 28.8 Å². The van der Waals surface area contributed by atoms with E-state index in [9.17, 15) is 4.39 Å². The van der Waals surface area contributed by atoms with E-state index in [0.29, 0.717) is 12.0 Å². The maximum Gasteiger partial charge on any atom is 0.124 e. The molecule has 1 saturated carbocycles. The number of nitrogens with one attached hydrogen (secondary N) is 1. The number of halogens is 2. The molecule has 1 fully saturated rings. The van der Waals surface area contributed by atoms with Gasteiger partial charge in [0.15, 0.2) is 0 Å². The lowest BCUT2D eigenvalue weighted by Gasteiger charge is -2.37. The molecule has 3 rings (SSSR count). The molecule has 21 heavy (non-hydrogen) atoms. The van der Waals surface area contributed by atoms with Crippen LogP contribution in [0.5, 0.6) is 5.75 Å². The quantitative estimate of drug-likeness (QED) is 0.842. The number of methoxy groups -OCH3 is 1. The summed E-state index contributed by atoms with van der Waals surface area (Å²) in [7, 11) is 1.68. The van der Waals surface area contributed by atoms with Gasteiger partial charge in [0.2, 0.25) is 0 Å². The smallest absolute Gasteiger partial charge is 0.124 e. The molecule has 110 valence electrons. The SMILES string of the molecule is COc1ccc(C2CC(Nc3ccc(F)cc3Br)C2)cc1. The van der Waals surface area contributed by atoms with E-state index >= 15 is 0 Å². The van der Waals surface area contributed by atoms with Gasteiger partial charge in [-0.1, -0.05) is 12.1 Å². The lowest BCUT2D eigenvalue weighted by atomic mass is 9.76. The van der Waals surface area contributed by atoms with E-state index in [1.807, 2.05) is 12.1 Å². The van der Waals surface area contributed by atoms with Gasteiger partial charge in [-0.05, 0) is 70.6 Å². The van der Waals surface area contributed by atoms with Gasteiger partial charge in [0.1, 0.15) is 11.6 Å². The van der Waals surface area contributed by atoms with Crippen LogP contribution < -0.4 is 10.1 Å². The maximum atomic E-state index is 13.1. The molecule has 4 heteroatoms. The Morgan fingerprint density at radius 3 is 2.48 bits per heavy atom. The molecule has 2 nitrogen and oxygen atoms in total. The lowest BCUT2D eigenvalue weighted by molar-refractivity contribution is 0.373. The second kappa shape index (κ2) is 6.06. The number of rotatable bonds is 4. The molecule has 0 heterocycles. The van der Waals surface area contributed by atoms with Crippen molar-refractivity contribution in [1.82, 2.24) is 0 Å². The van der Waals surface area contributed by atoms with Gasteiger partial charge in [-0.2, -0.15) is 0 Å². The third kappa shape index (κ3) is 3.21. The Kier molecular flexibility index (Phi) is 4.15. The van der Waals surface area contributed by atoms with E-state index in [1.54, 1.807) is 13.2 Å². The highest BCUT2D eigenvalue weighted by Crippen LogP contribution is 2.39. The van der Waals surface area contributed by atoms with Crippen LogP contribution in [0.15, 0.2) is 46.9 Å². The zero-order valence-electron chi connectivity index (χ0n) is 11.8. The van der Waals surface area contributed by atoms with Crippen LogP contribution in [0.1, 0.15) is 24.3 Å². The summed E-state index contributed by atoms with van der Waals surface area (Å²) in [6.07, 6.45) is 2.19. The maximum absolute atomic E-state index is 13.1. The number of hydrogen-bond donors (Lipinski definition) is 1. The van der Waals surface area contributed by atoms with Crippen molar-refractivity contribution in [2.45, 2.75) is 24.8 Å². The summed E-state index contributed by atoms with van der Waals surface area (Å²) in [4.78, 5) is 0. The lowest BCUT2D eigenvalue weighted by Crippen LogP contribution is -2.34. The van der Waals surface area contributed by atoms with Gasteiger partial charge in [-0.15, -0.1) is 0 Å². The predicted molar refractivity (Wildman–Crippen MR) is 86.5 cm³/mol. The molecule has 0 bridgehead atoms. The second-order valence-corrected chi connectivity index (χ2v) is 6.26. The van der Waals surface area contributed by atoms with Crippen molar-refractivity contribution in [2.24, 2.45) is 0 Å². The molecule has 1 aliphatic carbocycles. The fraction of sp³-hybridized carbons (Fsp3) is 0.294. The van der Waals surface area contributed by atoms with Gasteiger partial charge < -0.3 is 10.1 Å².